The molecule has 2 aromatic heterocycles. The Kier molecular flexibility index (Phi) is 7.26. The van der Waals surface area contributed by atoms with Crippen molar-refractivity contribution in [1.29, 1.82) is 0 Å². The van der Waals surface area contributed by atoms with E-state index in [1.165, 1.54) is 76.9 Å². The Morgan fingerprint density at radius 2 is 1.02 bits per heavy atom. The molecule has 0 fully saturated rings. The van der Waals surface area contributed by atoms with Crippen molar-refractivity contribution in [1.82, 2.24) is 14.5 Å². The third-order valence-electron chi connectivity index (χ3n) is 12.0. The lowest BCUT2D eigenvalue weighted by Crippen LogP contribution is -2.42. The van der Waals surface area contributed by atoms with Crippen LogP contribution in [0.4, 0.5) is 0 Å². The molecule has 0 bridgehead atoms. The molecule has 4 heteroatoms. The highest BCUT2D eigenvalue weighted by Crippen LogP contribution is 2.40. The predicted octanol–water partition coefficient (Wildman–Crippen LogP) is 13.1. The van der Waals surface area contributed by atoms with Crippen molar-refractivity contribution in [3.8, 4) is 27.9 Å². The number of para-hydroxylation sites is 3. The highest BCUT2D eigenvalue weighted by Gasteiger charge is 2.27. The van der Waals surface area contributed by atoms with Crippen molar-refractivity contribution in [3.63, 3.8) is 0 Å². The number of fused-ring (bicyclic) bond motifs is 9. The monoisotopic (exact) mass is 740 g/mol. The minimum Gasteiger partial charge on any atom is -0.345 e. The smallest absolute Gasteiger partial charge is 0.209 e. The van der Waals surface area contributed by atoms with Crippen LogP contribution in [0.2, 0.25) is 0 Å². The Morgan fingerprint density at radius 1 is 0.431 bits per heavy atom. The first-order valence-electron chi connectivity index (χ1n) is 19.9. The summed E-state index contributed by atoms with van der Waals surface area (Å²) in [5.74, 6) is 0.817. The van der Waals surface area contributed by atoms with E-state index in [0.717, 1.165) is 28.3 Å². The van der Waals surface area contributed by atoms with Crippen molar-refractivity contribution in [2.24, 2.45) is 4.99 Å². The van der Waals surface area contributed by atoms with E-state index < -0.39 is 0 Å². The molecule has 10 aromatic rings. The zero-order chi connectivity index (χ0) is 38.2. The number of benzene rings is 8. The fourth-order valence-electron chi connectivity index (χ4n) is 9.24. The second kappa shape index (κ2) is 12.9. The SMILES string of the molecule is C1=CC2=C(c3ccc(-c4ccccc4)cc3)N=C(n3c4ccccc4c4c5cc(-c6ccc7c(c6)c6ccccc6n7-c6ccccc6)ccc5ccc43)NC2C=C1. The van der Waals surface area contributed by atoms with Crippen LogP contribution >= 0.6 is 0 Å². The number of allylic oxidation sites excluding steroid dienone is 2. The van der Waals surface area contributed by atoms with Gasteiger partial charge >= 0.3 is 0 Å². The van der Waals surface area contributed by atoms with E-state index in [4.69, 9.17) is 4.99 Å². The third-order valence-corrected chi connectivity index (χ3v) is 12.0. The maximum Gasteiger partial charge on any atom is 0.209 e. The zero-order valence-corrected chi connectivity index (χ0v) is 31.5. The number of aromatic nitrogens is 2. The Balaban J connectivity index is 1.02. The van der Waals surface area contributed by atoms with Crippen LogP contribution in [0.25, 0.3) is 88.0 Å². The summed E-state index contributed by atoms with van der Waals surface area (Å²) < 4.78 is 4.69. The van der Waals surface area contributed by atoms with Crippen LogP contribution in [-0.2, 0) is 0 Å². The summed E-state index contributed by atoms with van der Waals surface area (Å²) in [5, 5.41) is 11.2. The molecule has 1 atom stereocenters. The van der Waals surface area contributed by atoms with E-state index >= 15 is 0 Å². The van der Waals surface area contributed by atoms with Gasteiger partial charge in [0.1, 0.15) is 0 Å². The normalized spacial score (nSPS) is 15.1. The summed E-state index contributed by atoms with van der Waals surface area (Å²) in [7, 11) is 0. The first-order valence-corrected chi connectivity index (χ1v) is 19.9. The predicted molar refractivity (Wildman–Crippen MR) is 244 cm³/mol. The van der Waals surface area contributed by atoms with Gasteiger partial charge in [-0.05, 0) is 81.6 Å². The molecule has 8 aromatic carbocycles. The molecule has 1 N–H and O–H groups in total. The van der Waals surface area contributed by atoms with E-state index in [0.29, 0.717) is 0 Å². The number of rotatable bonds is 4. The minimum atomic E-state index is -0.00711. The largest absolute Gasteiger partial charge is 0.345 e. The maximum absolute atomic E-state index is 5.47. The van der Waals surface area contributed by atoms with Crippen LogP contribution in [-0.4, -0.2) is 21.1 Å². The average molecular weight is 741 g/mol. The van der Waals surface area contributed by atoms with Crippen molar-refractivity contribution < 1.29 is 0 Å². The van der Waals surface area contributed by atoms with Crippen LogP contribution in [0.5, 0.6) is 0 Å². The van der Waals surface area contributed by atoms with Crippen LogP contribution in [0.1, 0.15) is 5.56 Å². The van der Waals surface area contributed by atoms with Crippen LogP contribution in [0.3, 0.4) is 0 Å². The summed E-state index contributed by atoms with van der Waals surface area (Å²) in [5.41, 5.74) is 13.8. The lowest BCUT2D eigenvalue weighted by Gasteiger charge is -2.28. The van der Waals surface area contributed by atoms with Gasteiger partial charge in [0, 0.05) is 38.4 Å². The summed E-state index contributed by atoms with van der Waals surface area (Å²) in [4.78, 5) is 5.47. The fraction of sp³-hybridized carbons (Fsp3) is 0.0185. The third kappa shape index (κ3) is 5.05. The van der Waals surface area contributed by atoms with Crippen molar-refractivity contribution in [3.05, 3.63) is 217 Å². The van der Waals surface area contributed by atoms with Gasteiger partial charge in [-0.15, -0.1) is 0 Å². The summed E-state index contributed by atoms with van der Waals surface area (Å²) >= 11 is 0. The molecule has 272 valence electrons. The Morgan fingerprint density at radius 3 is 1.83 bits per heavy atom. The number of hydrogen-bond donors (Lipinski definition) is 1. The number of nitrogens with zero attached hydrogens (tertiary/aromatic N) is 3. The molecule has 1 aliphatic carbocycles. The van der Waals surface area contributed by atoms with Crippen molar-refractivity contribution in [2.75, 3.05) is 0 Å². The van der Waals surface area contributed by atoms with Gasteiger partial charge in [-0.1, -0.05) is 158 Å². The number of nitrogens with one attached hydrogen (secondary N) is 1. The molecule has 1 unspecified atom stereocenters. The van der Waals surface area contributed by atoms with Crippen molar-refractivity contribution in [2.45, 2.75) is 6.04 Å². The Labute approximate surface area is 335 Å². The highest BCUT2D eigenvalue weighted by molar-refractivity contribution is 6.24. The van der Waals surface area contributed by atoms with Crippen molar-refractivity contribution >= 4 is 66.0 Å². The minimum absolute atomic E-state index is 0.00711. The van der Waals surface area contributed by atoms with Gasteiger partial charge in [-0.3, -0.25) is 4.57 Å². The molecule has 0 amide bonds. The molecule has 3 heterocycles. The maximum atomic E-state index is 5.47. The van der Waals surface area contributed by atoms with E-state index in [2.05, 4.69) is 221 Å². The van der Waals surface area contributed by atoms with Crippen LogP contribution < -0.4 is 5.32 Å². The van der Waals surface area contributed by atoms with Gasteiger partial charge in [0.25, 0.3) is 0 Å². The first-order chi connectivity index (χ1) is 28.8. The average Bonchev–Trinajstić information content (AvgIpc) is 3.82. The Hall–Kier alpha value is -7.69. The first kappa shape index (κ1) is 32.5. The molecule has 0 spiro atoms. The summed E-state index contributed by atoms with van der Waals surface area (Å²) in [6.07, 6.45) is 8.65. The van der Waals surface area contributed by atoms with E-state index in [9.17, 15) is 0 Å². The van der Waals surface area contributed by atoms with E-state index in [-0.39, 0.29) is 6.04 Å². The number of aliphatic imine (C=N–C) groups is 1. The quantitative estimate of drug-likeness (QED) is 0.192. The van der Waals surface area contributed by atoms with Gasteiger partial charge in [-0.2, -0.15) is 0 Å². The fourth-order valence-corrected chi connectivity index (χ4v) is 9.24. The zero-order valence-electron chi connectivity index (χ0n) is 31.5. The molecule has 0 saturated heterocycles. The molecule has 2 aliphatic rings. The molecule has 0 radical (unpaired) electrons. The van der Waals surface area contributed by atoms with Crippen LogP contribution in [0.15, 0.2) is 217 Å². The van der Waals surface area contributed by atoms with Gasteiger partial charge in [0.15, 0.2) is 0 Å². The van der Waals surface area contributed by atoms with E-state index in [1.54, 1.807) is 0 Å². The van der Waals surface area contributed by atoms with Crippen LogP contribution in [0, 0.1) is 0 Å². The second-order valence-electron chi connectivity index (χ2n) is 15.2. The molecule has 4 nitrogen and oxygen atoms in total. The molecular formula is C54H36N4. The lowest BCUT2D eigenvalue weighted by molar-refractivity contribution is 0.805. The topological polar surface area (TPSA) is 34.2 Å². The standard InChI is InChI=1S/C54H36N4/c1-3-13-35(14-4-1)36-23-26-38(27-24-36)53-43-18-7-10-20-47(43)55-54(56-53)58-49-22-12-9-19-44(49)52-45-33-39(28-25-37(45)29-32-51(52)58)40-30-31-50-46(34-40)42-17-8-11-21-48(42)57(50)41-15-5-2-6-16-41/h1-34,47H,(H,55,56). The highest BCUT2D eigenvalue weighted by atomic mass is 15.2. The lowest BCUT2D eigenvalue weighted by atomic mass is 9.94. The molecule has 12 rings (SSSR count). The van der Waals surface area contributed by atoms with Gasteiger partial charge < -0.3 is 9.88 Å². The van der Waals surface area contributed by atoms with Gasteiger partial charge in [-0.25, -0.2) is 4.99 Å². The second-order valence-corrected chi connectivity index (χ2v) is 15.2. The molecule has 1 aliphatic heterocycles. The molecule has 58 heavy (non-hydrogen) atoms. The number of hydrogen-bond acceptors (Lipinski definition) is 2. The Bertz CT molecular complexity index is 3390. The molecule has 0 saturated carbocycles. The molecular weight excluding hydrogens is 705 g/mol. The summed E-state index contributed by atoms with van der Waals surface area (Å²) in [6.45, 7) is 0. The van der Waals surface area contributed by atoms with E-state index in [1.807, 2.05) is 0 Å². The van der Waals surface area contributed by atoms with Gasteiger partial charge in [0.2, 0.25) is 5.96 Å². The van der Waals surface area contributed by atoms with Gasteiger partial charge in [0.05, 0.1) is 33.8 Å². The summed E-state index contributed by atoms with van der Waals surface area (Å²) in [6, 6.07) is 65.8.